The molecule has 0 amide bonds. The molecule has 0 fully saturated rings. The number of hydrogen-bond acceptors (Lipinski definition) is 5. The second kappa shape index (κ2) is 7.78. The minimum atomic E-state index is -5.24. The summed E-state index contributed by atoms with van der Waals surface area (Å²) in [7, 11) is -10.5. The van der Waals surface area contributed by atoms with E-state index in [9.17, 15) is 13.9 Å². The van der Waals surface area contributed by atoms with E-state index < -0.39 is 21.8 Å². The summed E-state index contributed by atoms with van der Waals surface area (Å²) in [6.07, 6.45) is -2.19. The van der Waals surface area contributed by atoms with Crippen molar-refractivity contribution in [2.75, 3.05) is 0 Å². The number of hydrogen-bond donors (Lipinski definition) is 4. The van der Waals surface area contributed by atoms with Crippen LogP contribution in [0.3, 0.4) is 0 Å². The summed E-state index contributed by atoms with van der Waals surface area (Å²) in [5.41, 5.74) is 0. The van der Waals surface area contributed by atoms with Crippen molar-refractivity contribution in [3.63, 3.8) is 0 Å². The number of rotatable bonds is 3. The second-order valence-electron chi connectivity index (χ2n) is 1.40. The van der Waals surface area contributed by atoms with Crippen molar-refractivity contribution in [2.24, 2.45) is 0 Å². The fourth-order valence-electron chi connectivity index (χ4n) is 0.250. The number of phosphoric ester groups is 1. The number of phosphoric acid groups is 2. The molecule has 9 nitrogen and oxygen atoms in total. The molecule has 0 saturated heterocycles. The Bertz CT molecular complexity index is 268. The Kier molecular flexibility index (Phi) is 11.6. The molecule has 0 aromatic heterocycles. The third kappa shape index (κ3) is 13.6. The van der Waals surface area contributed by atoms with Crippen LogP contribution in [-0.2, 0) is 18.0 Å². The van der Waals surface area contributed by atoms with E-state index in [0.29, 0.717) is 0 Å². The van der Waals surface area contributed by atoms with E-state index in [1.54, 1.807) is 0 Å². The maximum atomic E-state index is 10.3. The van der Waals surface area contributed by atoms with Gasteiger partial charge in [0.2, 0.25) is 0 Å². The Labute approximate surface area is 122 Å². The minimum absolute atomic E-state index is 0. The Morgan fingerprint density at radius 3 is 1.64 bits per heavy atom. The quantitative estimate of drug-likeness (QED) is 0.358. The average molecular weight is 270 g/mol. The molecule has 0 heterocycles. The Morgan fingerprint density at radius 1 is 1.07 bits per heavy atom. The van der Waals surface area contributed by atoms with Crippen molar-refractivity contribution >= 4 is 80.9 Å². The van der Waals surface area contributed by atoms with Crippen LogP contribution < -0.4 is 0 Å². The molecule has 1 unspecified atom stereocenters. The summed E-state index contributed by atoms with van der Waals surface area (Å²) in [5.74, 6) is 0. The molecule has 1 atom stereocenters. The van der Waals surface area contributed by atoms with Crippen molar-refractivity contribution in [1.82, 2.24) is 0 Å². The van der Waals surface area contributed by atoms with E-state index >= 15 is 0 Å². The van der Waals surface area contributed by atoms with Crippen LogP contribution in [0.4, 0.5) is 4.79 Å². The molecule has 0 aromatic carbocycles. The molecule has 0 bridgehead atoms. The van der Waals surface area contributed by atoms with E-state index in [1.807, 2.05) is 0 Å². The summed E-state index contributed by atoms with van der Waals surface area (Å²) >= 11 is 0. The molecule has 0 saturated carbocycles. The Balaban J connectivity index is -0.000000605. The SMILES string of the molecule is O=C(O)OP(=O)(O)OP(=O)(O)O.[NaH].[NaH]. The van der Waals surface area contributed by atoms with Gasteiger partial charge >= 0.3 is 80.9 Å². The van der Waals surface area contributed by atoms with Gasteiger partial charge in [0.25, 0.3) is 0 Å². The topological polar surface area (TPSA) is 151 Å². The van der Waals surface area contributed by atoms with E-state index in [1.165, 1.54) is 0 Å². The Hall–Kier alpha value is 1.57. The van der Waals surface area contributed by atoms with E-state index in [2.05, 4.69) is 8.83 Å². The predicted octanol–water partition coefficient (Wildman–Crippen LogP) is -1.41. The summed E-state index contributed by atoms with van der Waals surface area (Å²) in [4.78, 5) is 33.8. The van der Waals surface area contributed by atoms with Gasteiger partial charge in [-0.25, -0.2) is 13.9 Å². The van der Waals surface area contributed by atoms with Gasteiger partial charge in [0.05, 0.1) is 0 Å². The first kappa shape index (κ1) is 20.9. The molecule has 4 N–H and O–H groups in total. The van der Waals surface area contributed by atoms with Gasteiger partial charge in [-0.2, -0.15) is 4.31 Å². The van der Waals surface area contributed by atoms with Crippen LogP contribution in [0.25, 0.3) is 0 Å². The number of carbonyl (C=O) groups is 1. The van der Waals surface area contributed by atoms with Crippen molar-refractivity contribution in [3.05, 3.63) is 0 Å². The van der Waals surface area contributed by atoms with Crippen LogP contribution in [0, 0.1) is 0 Å². The molecule has 0 radical (unpaired) electrons. The fraction of sp³-hybridized carbons (Fsp3) is 0. The molecule has 76 valence electrons. The first-order valence-electron chi connectivity index (χ1n) is 2.14. The molecule has 0 aliphatic carbocycles. The molecule has 0 rings (SSSR count). The van der Waals surface area contributed by atoms with E-state index in [4.69, 9.17) is 19.8 Å². The maximum absolute atomic E-state index is 10.3. The standard InChI is InChI=1S/CH4O9P2.2Na.2H/c2-1(3)9-12(7,8)10-11(4,5)6;;;;/h(H,2,3)(H,7,8)(H2,4,5,6);;;;. The number of carboxylic acid groups (broad SMARTS) is 1. The summed E-state index contributed by atoms with van der Waals surface area (Å²) in [6.45, 7) is 0. The molecule has 0 spiro atoms. The molecular weight excluding hydrogens is 264 g/mol. The van der Waals surface area contributed by atoms with Crippen LogP contribution in [0.1, 0.15) is 0 Å². The van der Waals surface area contributed by atoms with Crippen LogP contribution >= 0.6 is 15.6 Å². The summed E-state index contributed by atoms with van der Waals surface area (Å²) in [5, 5.41) is 7.76. The first-order chi connectivity index (χ1) is 5.12. The van der Waals surface area contributed by atoms with Gasteiger partial charge in [0.15, 0.2) is 0 Å². The van der Waals surface area contributed by atoms with Crippen molar-refractivity contribution in [2.45, 2.75) is 0 Å². The van der Waals surface area contributed by atoms with Gasteiger partial charge in [-0.1, -0.05) is 0 Å². The molecule has 13 heteroatoms. The molecular formula is CH6Na2O9P2. The van der Waals surface area contributed by atoms with Crippen molar-refractivity contribution < 1.29 is 42.5 Å². The third-order valence-electron chi connectivity index (χ3n) is 0.403. The van der Waals surface area contributed by atoms with Gasteiger partial charge in [-0.05, 0) is 0 Å². The van der Waals surface area contributed by atoms with Crippen LogP contribution in [0.15, 0.2) is 0 Å². The summed E-state index contributed by atoms with van der Waals surface area (Å²) < 4.78 is 26.4. The normalized spacial score (nSPS) is 14.2. The van der Waals surface area contributed by atoms with E-state index in [-0.39, 0.29) is 59.1 Å². The van der Waals surface area contributed by atoms with Gasteiger partial charge in [0, 0.05) is 0 Å². The van der Waals surface area contributed by atoms with Gasteiger partial charge in [0.1, 0.15) is 0 Å². The first-order valence-corrected chi connectivity index (χ1v) is 5.17. The fourth-order valence-corrected chi connectivity index (χ4v) is 1.66. The molecule has 0 aliphatic rings. The van der Waals surface area contributed by atoms with Crippen molar-refractivity contribution in [3.8, 4) is 0 Å². The van der Waals surface area contributed by atoms with Crippen LogP contribution in [-0.4, -0.2) is 85.1 Å². The average Bonchev–Trinajstić information content (AvgIpc) is 1.48. The zero-order chi connectivity index (χ0) is 9.99. The predicted molar refractivity (Wildman–Crippen MR) is 46.4 cm³/mol. The van der Waals surface area contributed by atoms with Crippen molar-refractivity contribution in [1.29, 1.82) is 0 Å². The molecule has 0 aliphatic heterocycles. The molecule has 0 aromatic rings. The van der Waals surface area contributed by atoms with Crippen LogP contribution in [0.5, 0.6) is 0 Å². The summed E-state index contributed by atoms with van der Waals surface area (Å²) in [6, 6.07) is 0. The monoisotopic (exact) mass is 270 g/mol. The Morgan fingerprint density at radius 2 is 1.43 bits per heavy atom. The zero-order valence-corrected chi connectivity index (χ0v) is 7.01. The van der Waals surface area contributed by atoms with Gasteiger partial charge in [-0.15, -0.1) is 0 Å². The van der Waals surface area contributed by atoms with Gasteiger partial charge < -0.3 is 19.4 Å². The molecule has 14 heavy (non-hydrogen) atoms. The second-order valence-corrected chi connectivity index (χ2v) is 4.15. The van der Waals surface area contributed by atoms with E-state index in [0.717, 1.165) is 0 Å². The third-order valence-corrected chi connectivity index (χ3v) is 2.47. The van der Waals surface area contributed by atoms with Gasteiger partial charge in [-0.3, -0.25) is 4.89 Å². The zero-order valence-electron chi connectivity index (χ0n) is 5.22. The van der Waals surface area contributed by atoms with Crippen LogP contribution in [0.2, 0.25) is 0 Å².